The predicted octanol–water partition coefficient (Wildman–Crippen LogP) is 1.55. The summed E-state index contributed by atoms with van der Waals surface area (Å²) in [5.41, 5.74) is 0. The van der Waals surface area contributed by atoms with Gasteiger partial charge in [-0.1, -0.05) is 13.3 Å². The molecule has 7 nitrogen and oxygen atoms in total. The van der Waals surface area contributed by atoms with Crippen molar-refractivity contribution >= 4 is 25.8 Å². The van der Waals surface area contributed by atoms with Crippen molar-refractivity contribution in [3.8, 4) is 0 Å². The minimum Gasteiger partial charge on any atom is -0.353 e. The number of piperidine rings is 1. The van der Waals surface area contributed by atoms with E-state index in [1.165, 1.54) is 28.6 Å². The first-order valence-corrected chi connectivity index (χ1v) is 12.1. The second-order valence-electron chi connectivity index (χ2n) is 6.59. The number of nitrogens with one attached hydrogen (secondary N) is 1. The summed E-state index contributed by atoms with van der Waals surface area (Å²) < 4.78 is 49.8. The van der Waals surface area contributed by atoms with E-state index in [0.29, 0.717) is 32.4 Å². The Morgan fingerprint density at radius 1 is 1.08 bits per heavy atom. The highest BCUT2D eigenvalue weighted by molar-refractivity contribution is 7.90. The van der Waals surface area contributed by atoms with Gasteiger partial charge in [-0.15, -0.1) is 0 Å². The molecule has 0 aliphatic carbocycles. The highest BCUT2D eigenvalue weighted by atomic mass is 32.2. The molecule has 1 aliphatic rings. The molecule has 0 unspecified atom stereocenters. The lowest BCUT2D eigenvalue weighted by Gasteiger charge is -2.31. The van der Waals surface area contributed by atoms with E-state index in [4.69, 9.17) is 0 Å². The van der Waals surface area contributed by atoms with E-state index >= 15 is 0 Å². The number of hydrogen-bond acceptors (Lipinski definition) is 5. The molecule has 0 radical (unpaired) electrons. The first kappa shape index (κ1) is 20.9. The van der Waals surface area contributed by atoms with Crippen LogP contribution in [0.25, 0.3) is 0 Å². The molecule has 2 rings (SSSR count). The Hall–Kier alpha value is -1.45. The SMILES string of the molecule is CCCCC(=O)NC1CCN(S(=O)(=O)c2ccc(S(C)(=O)=O)cc2)CC1. The van der Waals surface area contributed by atoms with Crippen molar-refractivity contribution in [1.29, 1.82) is 0 Å². The maximum absolute atomic E-state index is 12.7. The Balaban J connectivity index is 1.98. The maximum Gasteiger partial charge on any atom is 0.243 e. The molecular formula is C17H26N2O5S2. The number of sulfonamides is 1. The number of benzene rings is 1. The first-order chi connectivity index (χ1) is 12.1. The smallest absolute Gasteiger partial charge is 0.243 e. The summed E-state index contributed by atoms with van der Waals surface area (Å²) in [6.07, 6.45) is 4.53. The van der Waals surface area contributed by atoms with Crippen LogP contribution in [0.2, 0.25) is 0 Å². The zero-order valence-corrected chi connectivity index (χ0v) is 16.8. The van der Waals surface area contributed by atoms with Crippen molar-refractivity contribution < 1.29 is 21.6 Å². The summed E-state index contributed by atoms with van der Waals surface area (Å²) in [6.45, 7) is 2.68. The average Bonchev–Trinajstić information content (AvgIpc) is 2.60. The number of unbranched alkanes of at least 4 members (excludes halogenated alkanes) is 1. The van der Waals surface area contributed by atoms with Crippen molar-refractivity contribution in [2.45, 2.75) is 54.9 Å². The van der Waals surface area contributed by atoms with Gasteiger partial charge in [-0.25, -0.2) is 16.8 Å². The first-order valence-electron chi connectivity index (χ1n) is 8.74. The van der Waals surface area contributed by atoms with Crippen LogP contribution in [0, 0.1) is 0 Å². The Morgan fingerprint density at radius 3 is 2.12 bits per heavy atom. The third-order valence-corrected chi connectivity index (χ3v) is 7.51. The van der Waals surface area contributed by atoms with Gasteiger partial charge in [0.2, 0.25) is 15.9 Å². The van der Waals surface area contributed by atoms with Crippen LogP contribution in [0.3, 0.4) is 0 Å². The van der Waals surface area contributed by atoms with Crippen LogP contribution < -0.4 is 5.32 Å². The van der Waals surface area contributed by atoms with Crippen molar-refractivity contribution in [2.24, 2.45) is 0 Å². The van der Waals surface area contributed by atoms with E-state index in [9.17, 15) is 21.6 Å². The molecule has 0 aromatic heterocycles. The molecule has 146 valence electrons. The van der Waals surface area contributed by atoms with E-state index < -0.39 is 19.9 Å². The lowest BCUT2D eigenvalue weighted by atomic mass is 10.1. The fourth-order valence-corrected chi connectivity index (χ4v) is 4.99. The van der Waals surface area contributed by atoms with Gasteiger partial charge in [0.25, 0.3) is 0 Å². The summed E-state index contributed by atoms with van der Waals surface area (Å²) in [5, 5.41) is 2.96. The molecule has 1 N–H and O–H groups in total. The van der Waals surface area contributed by atoms with Crippen molar-refractivity contribution in [2.75, 3.05) is 19.3 Å². The zero-order chi connectivity index (χ0) is 19.4. The molecule has 1 aromatic carbocycles. The van der Waals surface area contributed by atoms with Crippen molar-refractivity contribution in [3.63, 3.8) is 0 Å². The van der Waals surface area contributed by atoms with Crippen LogP contribution in [-0.2, 0) is 24.7 Å². The van der Waals surface area contributed by atoms with E-state index in [1.54, 1.807) is 0 Å². The van der Waals surface area contributed by atoms with Gasteiger partial charge in [-0.3, -0.25) is 4.79 Å². The van der Waals surface area contributed by atoms with Crippen LogP contribution in [0.15, 0.2) is 34.1 Å². The average molecular weight is 403 g/mol. The summed E-state index contributed by atoms with van der Waals surface area (Å²) in [7, 11) is -7.03. The van der Waals surface area contributed by atoms with Gasteiger partial charge in [0.1, 0.15) is 0 Å². The van der Waals surface area contributed by atoms with E-state index in [-0.39, 0.29) is 21.7 Å². The summed E-state index contributed by atoms with van der Waals surface area (Å²) in [6, 6.07) is 5.26. The largest absolute Gasteiger partial charge is 0.353 e. The van der Waals surface area contributed by atoms with Gasteiger partial charge in [0, 0.05) is 31.8 Å². The van der Waals surface area contributed by atoms with Crippen LogP contribution in [0.5, 0.6) is 0 Å². The summed E-state index contributed by atoms with van der Waals surface area (Å²) >= 11 is 0. The number of carbonyl (C=O) groups excluding carboxylic acids is 1. The second-order valence-corrected chi connectivity index (χ2v) is 10.5. The van der Waals surface area contributed by atoms with Crippen LogP contribution in [-0.4, -0.2) is 52.4 Å². The molecule has 0 saturated carbocycles. The Bertz CT molecular complexity index is 824. The fourth-order valence-electron chi connectivity index (χ4n) is 2.89. The van der Waals surface area contributed by atoms with E-state index in [2.05, 4.69) is 5.32 Å². The molecule has 0 bridgehead atoms. The number of amides is 1. The standard InChI is InChI=1S/C17H26N2O5S2/c1-3-4-5-17(20)18-14-10-12-19(13-11-14)26(23,24)16-8-6-15(7-9-16)25(2,21)22/h6-9,14H,3-5,10-13H2,1-2H3,(H,18,20). The maximum atomic E-state index is 12.7. The minimum absolute atomic E-state index is 0.00147. The molecule has 1 heterocycles. The lowest BCUT2D eigenvalue weighted by Crippen LogP contribution is -2.46. The third kappa shape index (κ3) is 5.28. The number of hydrogen-bond donors (Lipinski definition) is 1. The second kappa shape index (κ2) is 8.49. The van der Waals surface area contributed by atoms with Gasteiger partial charge in [-0.2, -0.15) is 4.31 Å². The molecule has 0 atom stereocenters. The summed E-state index contributed by atoms with van der Waals surface area (Å²) in [4.78, 5) is 12.0. The molecule has 9 heteroatoms. The van der Waals surface area contributed by atoms with Crippen molar-refractivity contribution in [1.82, 2.24) is 9.62 Å². The quantitative estimate of drug-likeness (QED) is 0.746. The number of nitrogens with zero attached hydrogens (tertiary/aromatic N) is 1. The molecule has 0 spiro atoms. The Kier molecular flexibility index (Phi) is 6.81. The zero-order valence-electron chi connectivity index (χ0n) is 15.1. The highest BCUT2D eigenvalue weighted by Crippen LogP contribution is 2.22. The Labute approximate surface area is 155 Å². The third-order valence-electron chi connectivity index (χ3n) is 4.47. The lowest BCUT2D eigenvalue weighted by molar-refractivity contribution is -0.122. The summed E-state index contributed by atoms with van der Waals surface area (Å²) in [5.74, 6) is 0.0181. The number of sulfone groups is 1. The monoisotopic (exact) mass is 402 g/mol. The minimum atomic E-state index is -3.66. The van der Waals surface area contributed by atoms with E-state index in [0.717, 1.165) is 19.1 Å². The molecule has 1 fully saturated rings. The predicted molar refractivity (Wildman–Crippen MR) is 99.0 cm³/mol. The van der Waals surface area contributed by atoms with Crippen molar-refractivity contribution in [3.05, 3.63) is 24.3 Å². The molecule has 1 aliphatic heterocycles. The van der Waals surface area contributed by atoms with Crippen LogP contribution >= 0.6 is 0 Å². The van der Waals surface area contributed by atoms with Crippen LogP contribution in [0.1, 0.15) is 39.0 Å². The number of carbonyl (C=O) groups is 1. The van der Waals surface area contributed by atoms with Gasteiger partial charge in [-0.05, 0) is 43.5 Å². The highest BCUT2D eigenvalue weighted by Gasteiger charge is 2.30. The van der Waals surface area contributed by atoms with Gasteiger partial charge in [0.15, 0.2) is 9.84 Å². The Morgan fingerprint density at radius 2 is 1.62 bits per heavy atom. The fraction of sp³-hybridized carbons (Fsp3) is 0.588. The molecule has 26 heavy (non-hydrogen) atoms. The molecular weight excluding hydrogens is 376 g/mol. The molecule has 1 saturated heterocycles. The van der Waals surface area contributed by atoms with Gasteiger partial charge >= 0.3 is 0 Å². The van der Waals surface area contributed by atoms with Crippen LogP contribution in [0.4, 0.5) is 0 Å². The normalized spacial score (nSPS) is 17.2. The topological polar surface area (TPSA) is 101 Å². The number of rotatable bonds is 7. The van der Waals surface area contributed by atoms with Gasteiger partial charge in [0.05, 0.1) is 9.79 Å². The van der Waals surface area contributed by atoms with Gasteiger partial charge < -0.3 is 5.32 Å². The van der Waals surface area contributed by atoms with E-state index in [1.807, 2.05) is 6.92 Å². The molecule has 1 aromatic rings. The molecule has 1 amide bonds.